The zero-order valence-electron chi connectivity index (χ0n) is 9.50. The maximum atomic E-state index is 6.08. The molecule has 0 saturated carbocycles. The van der Waals surface area contributed by atoms with Crippen molar-refractivity contribution in [2.24, 2.45) is 5.73 Å². The molecule has 2 rings (SSSR count). The predicted molar refractivity (Wildman–Crippen MR) is 65.4 cm³/mol. The third-order valence-electron chi connectivity index (χ3n) is 2.44. The Hall–Kier alpha value is -1.20. The van der Waals surface area contributed by atoms with Gasteiger partial charge in [0.15, 0.2) is 0 Å². The second-order valence-electron chi connectivity index (χ2n) is 4.10. The molecule has 0 aliphatic carbocycles. The summed E-state index contributed by atoms with van der Waals surface area (Å²) in [7, 11) is 0. The number of thiazole rings is 1. The van der Waals surface area contributed by atoms with Gasteiger partial charge in [-0.2, -0.15) is 5.10 Å². The molecule has 0 amide bonds. The zero-order valence-corrected chi connectivity index (χ0v) is 10.3. The van der Waals surface area contributed by atoms with Crippen molar-refractivity contribution in [2.75, 3.05) is 0 Å². The first kappa shape index (κ1) is 11.3. The van der Waals surface area contributed by atoms with Crippen molar-refractivity contribution in [3.8, 4) is 0 Å². The van der Waals surface area contributed by atoms with Crippen LogP contribution in [0.3, 0.4) is 0 Å². The summed E-state index contributed by atoms with van der Waals surface area (Å²) in [5.41, 5.74) is 8.92. The Kier molecular flexibility index (Phi) is 3.36. The standard InChI is InChI=1S/C11H16N4S/c1-8(2)15-4-3-9(14-15)5-10(12)11-6-13-7-16-11/h3-4,6-8,10H,5,12H2,1-2H3. The largest absolute Gasteiger partial charge is 0.323 e. The molecule has 0 aliphatic rings. The van der Waals surface area contributed by atoms with Crippen LogP contribution in [-0.2, 0) is 6.42 Å². The summed E-state index contributed by atoms with van der Waals surface area (Å²) in [5.74, 6) is 0. The molecule has 2 aromatic heterocycles. The molecular weight excluding hydrogens is 220 g/mol. The summed E-state index contributed by atoms with van der Waals surface area (Å²) in [6.07, 6.45) is 4.59. The molecule has 5 heteroatoms. The molecule has 16 heavy (non-hydrogen) atoms. The SMILES string of the molecule is CC(C)n1ccc(CC(N)c2cncs2)n1. The third-order valence-corrected chi connectivity index (χ3v) is 3.35. The van der Waals surface area contributed by atoms with Crippen LogP contribution < -0.4 is 5.73 Å². The van der Waals surface area contributed by atoms with Gasteiger partial charge >= 0.3 is 0 Å². The van der Waals surface area contributed by atoms with Gasteiger partial charge in [0, 0.05) is 35.8 Å². The van der Waals surface area contributed by atoms with E-state index in [0.717, 1.165) is 17.0 Å². The van der Waals surface area contributed by atoms with E-state index in [0.29, 0.717) is 6.04 Å². The van der Waals surface area contributed by atoms with Crippen LogP contribution in [0.25, 0.3) is 0 Å². The second kappa shape index (κ2) is 4.76. The van der Waals surface area contributed by atoms with Gasteiger partial charge in [0.1, 0.15) is 0 Å². The first-order chi connectivity index (χ1) is 7.66. The minimum atomic E-state index is 0.00279. The Bertz CT molecular complexity index is 433. The molecule has 0 radical (unpaired) electrons. The van der Waals surface area contributed by atoms with Crippen LogP contribution in [0.5, 0.6) is 0 Å². The highest BCUT2D eigenvalue weighted by atomic mass is 32.1. The lowest BCUT2D eigenvalue weighted by atomic mass is 10.1. The summed E-state index contributed by atoms with van der Waals surface area (Å²) in [5, 5.41) is 4.48. The van der Waals surface area contributed by atoms with Gasteiger partial charge in [0.25, 0.3) is 0 Å². The molecule has 0 bridgehead atoms. The van der Waals surface area contributed by atoms with Gasteiger partial charge in [-0.1, -0.05) is 0 Å². The van der Waals surface area contributed by atoms with Crippen LogP contribution in [-0.4, -0.2) is 14.8 Å². The molecule has 0 saturated heterocycles. The van der Waals surface area contributed by atoms with Crippen LogP contribution in [0.15, 0.2) is 24.0 Å². The molecule has 0 aromatic carbocycles. The van der Waals surface area contributed by atoms with Crippen molar-refractivity contribution in [3.63, 3.8) is 0 Å². The van der Waals surface area contributed by atoms with Crippen LogP contribution >= 0.6 is 11.3 Å². The molecular formula is C11H16N4S. The quantitative estimate of drug-likeness (QED) is 0.885. The average molecular weight is 236 g/mol. The second-order valence-corrected chi connectivity index (χ2v) is 5.01. The molecule has 1 atom stereocenters. The van der Waals surface area contributed by atoms with Crippen LogP contribution in [0.2, 0.25) is 0 Å². The van der Waals surface area contributed by atoms with E-state index in [2.05, 4.69) is 23.9 Å². The maximum Gasteiger partial charge on any atom is 0.0794 e. The van der Waals surface area contributed by atoms with Gasteiger partial charge in [0.2, 0.25) is 0 Å². The van der Waals surface area contributed by atoms with Crippen molar-refractivity contribution >= 4 is 11.3 Å². The van der Waals surface area contributed by atoms with Crippen molar-refractivity contribution in [2.45, 2.75) is 32.4 Å². The number of rotatable bonds is 4. The van der Waals surface area contributed by atoms with Crippen LogP contribution in [0, 0.1) is 0 Å². The Morgan fingerprint density at radius 1 is 1.50 bits per heavy atom. The van der Waals surface area contributed by atoms with E-state index in [1.54, 1.807) is 11.3 Å². The van der Waals surface area contributed by atoms with Crippen molar-refractivity contribution in [1.82, 2.24) is 14.8 Å². The Labute approximate surface area is 99.1 Å². The summed E-state index contributed by atoms with van der Waals surface area (Å²) in [6, 6.07) is 2.43. The average Bonchev–Trinajstić information content (AvgIpc) is 2.87. The fourth-order valence-corrected chi connectivity index (χ4v) is 2.13. The van der Waals surface area contributed by atoms with Crippen LogP contribution in [0.1, 0.15) is 36.5 Å². The predicted octanol–water partition coefficient (Wildman–Crippen LogP) is 2.16. The molecule has 0 spiro atoms. The molecule has 0 aliphatic heterocycles. The van der Waals surface area contributed by atoms with Gasteiger partial charge in [0.05, 0.1) is 11.2 Å². The smallest absolute Gasteiger partial charge is 0.0794 e. The van der Waals surface area contributed by atoms with E-state index >= 15 is 0 Å². The van der Waals surface area contributed by atoms with Gasteiger partial charge in [-0.05, 0) is 19.9 Å². The third kappa shape index (κ3) is 2.48. The number of nitrogens with two attached hydrogens (primary N) is 1. The first-order valence-electron chi connectivity index (χ1n) is 5.35. The minimum absolute atomic E-state index is 0.00279. The molecule has 1 unspecified atom stereocenters. The molecule has 86 valence electrons. The van der Waals surface area contributed by atoms with Gasteiger partial charge in [-0.25, -0.2) is 0 Å². The van der Waals surface area contributed by atoms with Crippen molar-refractivity contribution in [3.05, 3.63) is 34.5 Å². The highest BCUT2D eigenvalue weighted by molar-refractivity contribution is 7.09. The monoisotopic (exact) mass is 236 g/mol. The summed E-state index contributed by atoms with van der Waals surface area (Å²) >= 11 is 1.59. The highest BCUT2D eigenvalue weighted by Gasteiger charge is 2.11. The lowest BCUT2D eigenvalue weighted by molar-refractivity contribution is 0.523. The van der Waals surface area contributed by atoms with Gasteiger partial charge in [-0.15, -0.1) is 11.3 Å². The Balaban J connectivity index is 2.03. The van der Waals surface area contributed by atoms with Gasteiger partial charge in [-0.3, -0.25) is 9.67 Å². The van der Waals surface area contributed by atoms with Gasteiger partial charge < -0.3 is 5.73 Å². The van der Waals surface area contributed by atoms with E-state index in [4.69, 9.17) is 5.73 Å². The fraction of sp³-hybridized carbons (Fsp3) is 0.455. The maximum absolute atomic E-state index is 6.08. The number of hydrogen-bond acceptors (Lipinski definition) is 4. The topological polar surface area (TPSA) is 56.7 Å². The van der Waals surface area contributed by atoms with E-state index in [1.807, 2.05) is 28.7 Å². The van der Waals surface area contributed by atoms with E-state index in [1.165, 1.54) is 0 Å². The summed E-state index contributed by atoms with van der Waals surface area (Å²) in [4.78, 5) is 5.14. The van der Waals surface area contributed by atoms with E-state index < -0.39 is 0 Å². The fourth-order valence-electron chi connectivity index (χ4n) is 1.51. The molecule has 2 aromatic rings. The van der Waals surface area contributed by atoms with E-state index in [9.17, 15) is 0 Å². The Morgan fingerprint density at radius 2 is 2.31 bits per heavy atom. The van der Waals surface area contributed by atoms with Crippen LogP contribution in [0.4, 0.5) is 0 Å². The molecule has 2 N–H and O–H groups in total. The van der Waals surface area contributed by atoms with E-state index in [-0.39, 0.29) is 6.04 Å². The molecule has 0 fully saturated rings. The number of nitrogens with zero attached hydrogens (tertiary/aromatic N) is 3. The highest BCUT2D eigenvalue weighted by Crippen LogP contribution is 2.18. The van der Waals surface area contributed by atoms with Crippen molar-refractivity contribution in [1.29, 1.82) is 0 Å². The summed E-state index contributed by atoms with van der Waals surface area (Å²) in [6.45, 7) is 4.22. The number of hydrogen-bond donors (Lipinski definition) is 1. The molecule has 2 heterocycles. The molecule has 4 nitrogen and oxygen atoms in total. The zero-order chi connectivity index (χ0) is 11.5. The summed E-state index contributed by atoms with van der Waals surface area (Å²) < 4.78 is 1.95. The lowest BCUT2D eigenvalue weighted by Gasteiger charge is -2.07. The number of aromatic nitrogens is 3. The lowest BCUT2D eigenvalue weighted by Crippen LogP contribution is -2.12. The Morgan fingerprint density at radius 3 is 2.88 bits per heavy atom. The van der Waals surface area contributed by atoms with Crippen molar-refractivity contribution < 1.29 is 0 Å². The normalized spacial score (nSPS) is 13.2. The first-order valence-corrected chi connectivity index (χ1v) is 6.23. The minimum Gasteiger partial charge on any atom is -0.323 e.